The van der Waals surface area contributed by atoms with E-state index in [0.717, 1.165) is 28.8 Å². The standard InChI is InChI=1S/C23H23ClN2O3S2/c24-18-10-6-16(7-11-18)21-22(17-8-12-19(13-9-17)31(25,28)29)30-23(26-21)20(27)14-15-4-2-1-3-5-15/h6-13,15H,1-5,14H2,(H2,25,28,29). The van der Waals surface area contributed by atoms with E-state index < -0.39 is 10.0 Å². The molecule has 0 amide bonds. The van der Waals surface area contributed by atoms with Crippen molar-refractivity contribution in [2.75, 3.05) is 0 Å². The highest BCUT2D eigenvalue weighted by molar-refractivity contribution is 7.89. The number of carbonyl (C=O) groups excluding carboxylic acids is 1. The molecule has 0 atom stereocenters. The Bertz CT molecular complexity index is 1180. The molecule has 0 bridgehead atoms. The molecule has 0 saturated heterocycles. The Hall–Kier alpha value is -2.06. The maximum Gasteiger partial charge on any atom is 0.238 e. The third-order valence-electron chi connectivity index (χ3n) is 5.63. The number of rotatable bonds is 6. The van der Waals surface area contributed by atoms with Gasteiger partial charge in [0.25, 0.3) is 0 Å². The van der Waals surface area contributed by atoms with Gasteiger partial charge in [-0.2, -0.15) is 0 Å². The number of primary sulfonamides is 1. The third-order valence-corrected chi connectivity index (χ3v) is 7.95. The second-order valence-corrected chi connectivity index (χ2v) is 10.9. The number of hydrogen-bond donors (Lipinski definition) is 1. The van der Waals surface area contributed by atoms with Gasteiger partial charge in [0, 0.05) is 17.0 Å². The minimum atomic E-state index is -3.77. The Morgan fingerprint density at radius 3 is 2.23 bits per heavy atom. The van der Waals surface area contributed by atoms with Gasteiger partial charge in [0.05, 0.1) is 15.5 Å². The molecule has 1 aromatic heterocycles. The molecule has 0 spiro atoms. The van der Waals surface area contributed by atoms with Crippen molar-refractivity contribution < 1.29 is 13.2 Å². The number of sulfonamides is 1. The summed E-state index contributed by atoms with van der Waals surface area (Å²) in [6, 6.07) is 13.6. The van der Waals surface area contributed by atoms with Gasteiger partial charge in [0.1, 0.15) is 0 Å². The van der Waals surface area contributed by atoms with Crippen LogP contribution in [0, 0.1) is 5.92 Å². The number of nitrogens with two attached hydrogens (primary N) is 1. The number of ketones is 1. The quantitative estimate of drug-likeness (QED) is 0.448. The average molecular weight is 475 g/mol. The van der Waals surface area contributed by atoms with Crippen LogP contribution < -0.4 is 5.14 Å². The minimum Gasteiger partial charge on any atom is -0.292 e. The summed E-state index contributed by atoms with van der Waals surface area (Å²) in [5, 5.41) is 6.32. The van der Waals surface area contributed by atoms with E-state index in [4.69, 9.17) is 21.7 Å². The van der Waals surface area contributed by atoms with E-state index in [2.05, 4.69) is 0 Å². The molecule has 3 aromatic rings. The lowest BCUT2D eigenvalue weighted by Crippen LogP contribution is -2.12. The highest BCUT2D eigenvalue weighted by atomic mass is 35.5. The third kappa shape index (κ3) is 5.23. The number of aromatic nitrogens is 1. The molecule has 162 valence electrons. The lowest BCUT2D eigenvalue weighted by atomic mass is 9.86. The van der Waals surface area contributed by atoms with Crippen LogP contribution in [0.2, 0.25) is 5.02 Å². The Morgan fingerprint density at radius 1 is 1.00 bits per heavy atom. The molecule has 31 heavy (non-hydrogen) atoms. The molecule has 4 rings (SSSR count). The van der Waals surface area contributed by atoms with Crippen LogP contribution in [-0.4, -0.2) is 19.2 Å². The van der Waals surface area contributed by atoms with Crippen LogP contribution in [0.4, 0.5) is 0 Å². The fourth-order valence-electron chi connectivity index (χ4n) is 3.98. The fraction of sp³-hybridized carbons (Fsp3) is 0.304. The summed E-state index contributed by atoms with van der Waals surface area (Å²) in [5.41, 5.74) is 2.33. The SMILES string of the molecule is NS(=O)(=O)c1ccc(-c2sc(C(=O)CC3CCCCC3)nc2-c2ccc(Cl)cc2)cc1. The predicted octanol–water partition coefficient (Wildman–Crippen LogP) is 5.93. The highest BCUT2D eigenvalue weighted by Gasteiger charge is 2.23. The van der Waals surface area contributed by atoms with Crippen molar-refractivity contribution in [2.24, 2.45) is 11.1 Å². The first kappa shape index (κ1) is 22.1. The molecule has 1 aliphatic carbocycles. The van der Waals surface area contributed by atoms with Gasteiger partial charge in [0.15, 0.2) is 10.8 Å². The van der Waals surface area contributed by atoms with Crippen LogP contribution in [0.15, 0.2) is 53.4 Å². The largest absolute Gasteiger partial charge is 0.292 e. The fourth-order valence-corrected chi connectivity index (χ4v) is 5.66. The number of nitrogens with zero attached hydrogens (tertiary/aromatic N) is 1. The van der Waals surface area contributed by atoms with Crippen molar-refractivity contribution >= 4 is 38.7 Å². The van der Waals surface area contributed by atoms with Crippen LogP contribution >= 0.6 is 22.9 Å². The number of Topliss-reactive ketones (excluding diaryl/α,β-unsaturated/α-hetero) is 1. The highest BCUT2D eigenvalue weighted by Crippen LogP contribution is 2.38. The summed E-state index contributed by atoms with van der Waals surface area (Å²) < 4.78 is 23.2. The minimum absolute atomic E-state index is 0.0439. The van der Waals surface area contributed by atoms with Gasteiger partial charge in [-0.3, -0.25) is 4.79 Å². The Labute approximate surface area is 191 Å². The zero-order valence-corrected chi connectivity index (χ0v) is 19.3. The molecule has 1 fully saturated rings. The molecular formula is C23H23ClN2O3S2. The topological polar surface area (TPSA) is 90.1 Å². The van der Waals surface area contributed by atoms with E-state index >= 15 is 0 Å². The number of thiazole rings is 1. The van der Waals surface area contributed by atoms with Gasteiger partial charge in [-0.1, -0.05) is 68.0 Å². The molecular weight excluding hydrogens is 452 g/mol. The molecule has 2 N–H and O–H groups in total. The van der Waals surface area contributed by atoms with E-state index in [0.29, 0.717) is 28.1 Å². The van der Waals surface area contributed by atoms with Gasteiger partial charge < -0.3 is 0 Å². The molecule has 1 heterocycles. The number of benzene rings is 2. The first-order valence-corrected chi connectivity index (χ1v) is 13.0. The summed E-state index contributed by atoms with van der Waals surface area (Å²) in [5.74, 6) is 0.501. The maximum atomic E-state index is 13.0. The van der Waals surface area contributed by atoms with Gasteiger partial charge in [-0.05, 0) is 35.7 Å². The van der Waals surface area contributed by atoms with Gasteiger partial charge in [-0.25, -0.2) is 18.5 Å². The number of carbonyl (C=O) groups is 1. The van der Waals surface area contributed by atoms with Crippen molar-refractivity contribution in [2.45, 2.75) is 43.4 Å². The van der Waals surface area contributed by atoms with Gasteiger partial charge >= 0.3 is 0 Å². The molecule has 1 saturated carbocycles. The van der Waals surface area contributed by atoms with Crippen LogP contribution in [0.25, 0.3) is 21.7 Å². The summed E-state index contributed by atoms with van der Waals surface area (Å²) >= 11 is 7.39. The van der Waals surface area contributed by atoms with Gasteiger partial charge in [-0.15, -0.1) is 11.3 Å². The van der Waals surface area contributed by atoms with Crippen molar-refractivity contribution in [3.05, 3.63) is 58.6 Å². The monoisotopic (exact) mass is 474 g/mol. The average Bonchev–Trinajstić information content (AvgIpc) is 3.20. The molecule has 0 aliphatic heterocycles. The second-order valence-electron chi connectivity index (χ2n) is 7.90. The summed E-state index contributed by atoms with van der Waals surface area (Å²) in [6.45, 7) is 0. The Morgan fingerprint density at radius 2 is 1.61 bits per heavy atom. The molecule has 0 radical (unpaired) electrons. The first-order chi connectivity index (χ1) is 14.8. The summed E-state index contributed by atoms with van der Waals surface area (Å²) in [4.78, 5) is 18.6. The molecule has 0 unspecified atom stereocenters. The molecule has 8 heteroatoms. The summed E-state index contributed by atoms with van der Waals surface area (Å²) in [6.07, 6.45) is 6.35. The van der Waals surface area contributed by atoms with E-state index in [9.17, 15) is 13.2 Å². The zero-order chi connectivity index (χ0) is 22.0. The van der Waals surface area contributed by atoms with E-state index in [1.54, 1.807) is 24.3 Å². The Kier molecular flexibility index (Phi) is 6.57. The Balaban J connectivity index is 1.71. The van der Waals surface area contributed by atoms with Crippen molar-refractivity contribution in [1.29, 1.82) is 0 Å². The van der Waals surface area contributed by atoms with Crippen molar-refractivity contribution in [3.63, 3.8) is 0 Å². The van der Waals surface area contributed by atoms with E-state index in [-0.39, 0.29) is 10.7 Å². The van der Waals surface area contributed by atoms with E-state index in [1.165, 1.54) is 42.7 Å². The molecule has 5 nitrogen and oxygen atoms in total. The lowest BCUT2D eigenvalue weighted by Gasteiger charge is -2.20. The van der Waals surface area contributed by atoms with Crippen LogP contribution in [0.5, 0.6) is 0 Å². The van der Waals surface area contributed by atoms with E-state index in [1.807, 2.05) is 12.1 Å². The number of halogens is 1. The van der Waals surface area contributed by atoms with Crippen molar-refractivity contribution in [1.82, 2.24) is 4.98 Å². The van der Waals surface area contributed by atoms with Gasteiger partial charge in [0.2, 0.25) is 10.0 Å². The van der Waals surface area contributed by atoms with Crippen LogP contribution in [0.3, 0.4) is 0 Å². The van der Waals surface area contributed by atoms with Crippen LogP contribution in [-0.2, 0) is 10.0 Å². The smallest absolute Gasteiger partial charge is 0.238 e. The zero-order valence-electron chi connectivity index (χ0n) is 16.9. The summed E-state index contributed by atoms with van der Waals surface area (Å²) in [7, 11) is -3.77. The first-order valence-electron chi connectivity index (χ1n) is 10.2. The number of hydrogen-bond acceptors (Lipinski definition) is 5. The van der Waals surface area contributed by atoms with Crippen LogP contribution in [0.1, 0.15) is 48.3 Å². The second kappa shape index (κ2) is 9.20. The lowest BCUT2D eigenvalue weighted by molar-refractivity contribution is 0.0950. The molecule has 2 aromatic carbocycles. The maximum absolute atomic E-state index is 13.0. The normalized spacial score (nSPS) is 15.2. The van der Waals surface area contributed by atoms with Crippen molar-refractivity contribution in [3.8, 4) is 21.7 Å². The predicted molar refractivity (Wildman–Crippen MR) is 125 cm³/mol. The molecule has 1 aliphatic rings.